The van der Waals surface area contributed by atoms with Crippen LogP contribution in [0.5, 0.6) is 5.75 Å². The molecule has 0 radical (unpaired) electrons. The number of benzene rings is 1. The highest BCUT2D eigenvalue weighted by Gasteiger charge is 2.29. The zero-order valence-electron chi connectivity index (χ0n) is 13.3. The number of nitrogens with one attached hydrogen (secondary N) is 2. The molecule has 0 bridgehead atoms. The largest absolute Gasteiger partial charge is 0.497 e. The Bertz CT molecular complexity index is 815. The SMILES string of the molecule is COc1cc(Cl)c(C(=O)Nc2ccnc(NC(=O)C3CC3)c2)c(Cl)c1. The topological polar surface area (TPSA) is 80.3 Å². The van der Waals surface area contributed by atoms with E-state index in [0.717, 1.165) is 12.8 Å². The number of amides is 2. The average Bonchev–Trinajstić information content (AvgIpc) is 3.39. The molecule has 2 amide bonds. The first-order valence-corrected chi connectivity index (χ1v) is 8.35. The van der Waals surface area contributed by atoms with Crippen molar-refractivity contribution < 1.29 is 14.3 Å². The molecule has 1 aliphatic rings. The molecule has 0 unspecified atom stereocenters. The number of methoxy groups -OCH3 is 1. The van der Waals surface area contributed by atoms with Crippen LogP contribution in [-0.2, 0) is 4.79 Å². The Hall–Kier alpha value is -2.31. The molecule has 130 valence electrons. The predicted octanol–water partition coefficient (Wildman–Crippen LogP) is 4.00. The summed E-state index contributed by atoms with van der Waals surface area (Å²) in [5.74, 6) is 0.375. The number of ether oxygens (including phenoxy) is 1. The number of hydrogen-bond donors (Lipinski definition) is 2. The number of pyridine rings is 1. The third-order valence-electron chi connectivity index (χ3n) is 3.70. The smallest absolute Gasteiger partial charge is 0.258 e. The van der Waals surface area contributed by atoms with Crippen LogP contribution in [0.1, 0.15) is 23.2 Å². The number of halogens is 2. The maximum absolute atomic E-state index is 12.5. The second kappa shape index (κ2) is 7.29. The normalized spacial score (nSPS) is 13.2. The fourth-order valence-corrected chi connectivity index (χ4v) is 2.87. The first-order chi connectivity index (χ1) is 12.0. The number of anilines is 2. The zero-order chi connectivity index (χ0) is 18.0. The van der Waals surface area contributed by atoms with Gasteiger partial charge in [0.1, 0.15) is 11.6 Å². The first kappa shape index (κ1) is 17.5. The van der Waals surface area contributed by atoms with Crippen molar-refractivity contribution in [1.82, 2.24) is 4.98 Å². The second-order valence-corrected chi connectivity index (χ2v) is 6.43. The summed E-state index contributed by atoms with van der Waals surface area (Å²) in [4.78, 5) is 28.3. The molecule has 1 fully saturated rings. The van der Waals surface area contributed by atoms with Gasteiger partial charge in [-0.25, -0.2) is 4.98 Å². The fraction of sp³-hybridized carbons (Fsp3) is 0.235. The van der Waals surface area contributed by atoms with Crippen LogP contribution in [0.15, 0.2) is 30.5 Å². The molecule has 0 spiro atoms. The molecule has 0 atom stereocenters. The van der Waals surface area contributed by atoms with Gasteiger partial charge in [0.15, 0.2) is 0 Å². The van der Waals surface area contributed by atoms with Crippen molar-refractivity contribution in [2.45, 2.75) is 12.8 Å². The van der Waals surface area contributed by atoms with E-state index in [0.29, 0.717) is 17.3 Å². The maximum atomic E-state index is 12.5. The Morgan fingerprint density at radius 1 is 1.16 bits per heavy atom. The van der Waals surface area contributed by atoms with Crippen molar-refractivity contribution in [2.75, 3.05) is 17.7 Å². The van der Waals surface area contributed by atoms with E-state index in [-0.39, 0.29) is 27.4 Å². The van der Waals surface area contributed by atoms with Gasteiger partial charge in [-0.3, -0.25) is 9.59 Å². The van der Waals surface area contributed by atoms with Gasteiger partial charge in [-0.1, -0.05) is 23.2 Å². The number of aromatic nitrogens is 1. The molecule has 2 N–H and O–H groups in total. The minimum Gasteiger partial charge on any atom is -0.497 e. The maximum Gasteiger partial charge on any atom is 0.258 e. The Kier molecular flexibility index (Phi) is 5.11. The van der Waals surface area contributed by atoms with Crippen LogP contribution in [0.3, 0.4) is 0 Å². The molecule has 3 rings (SSSR count). The minimum absolute atomic E-state index is 0.0581. The van der Waals surface area contributed by atoms with Crippen LogP contribution >= 0.6 is 23.2 Å². The summed E-state index contributed by atoms with van der Waals surface area (Å²) in [6, 6.07) is 6.20. The van der Waals surface area contributed by atoms with Crippen molar-refractivity contribution in [2.24, 2.45) is 5.92 Å². The van der Waals surface area contributed by atoms with E-state index in [9.17, 15) is 9.59 Å². The van der Waals surface area contributed by atoms with Gasteiger partial charge in [0.05, 0.1) is 22.7 Å². The molecule has 8 heteroatoms. The summed E-state index contributed by atoms with van der Waals surface area (Å²) in [6.07, 6.45) is 3.29. The summed E-state index contributed by atoms with van der Waals surface area (Å²) < 4.78 is 5.06. The lowest BCUT2D eigenvalue weighted by Gasteiger charge is -2.11. The highest BCUT2D eigenvalue weighted by atomic mass is 35.5. The van der Waals surface area contributed by atoms with E-state index >= 15 is 0 Å². The molecule has 1 saturated carbocycles. The zero-order valence-corrected chi connectivity index (χ0v) is 14.8. The van der Waals surface area contributed by atoms with Gasteiger partial charge in [0.25, 0.3) is 5.91 Å². The van der Waals surface area contributed by atoms with Gasteiger partial charge in [0.2, 0.25) is 5.91 Å². The minimum atomic E-state index is -0.469. The fourth-order valence-electron chi connectivity index (χ4n) is 2.23. The quantitative estimate of drug-likeness (QED) is 0.822. The third kappa shape index (κ3) is 4.21. The highest BCUT2D eigenvalue weighted by Crippen LogP contribution is 2.32. The summed E-state index contributed by atoms with van der Waals surface area (Å²) in [6.45, 7) is 0. The van der Waals surface area contributed by atoms with Crippen molar-refractivity contribution in [1.29, 1.82) is 0 Å². The number of carbonyl (C=O) groups is 2. The van der Waals surface area contributed by atoms with E-state index in [4.69, 9.17) is 27.9 Å². The third-order valence-corrected chi connectivity index (χ3v) is 4.29. The number of nitrogens with zero attached hydrogens (tertiary/aromatic N) is 1. The van der Waals surface area contributed by atoms with Gasteiger partial charge in [-0.05, 0) is 31.0 Å². The van der Waals surface area contributed by atoms with Gasteiger partial charge in [0, 0.05) is 23.9 Å². The standard InChI is InChI=1S/C17H15Cl2N3O3/c1-25-11-7-12(18)15(13(19)8-11)17(24)21-10-4-5-20-14(6-10)22-16(23)9-2-3-9/h4-9H,2-3H2,1H3,(H2,20,21,22,23,24). The summed E-state index contributed by atoms with van der Waals surface area (Å²) in [5, 5.41) is 5.78. The number of rotatable bonds is 5. The number of carbonyl (C=O) groups excluding carboxylic acids is 2. The molecule has 1 aromatic carbocycles. The Morgan fingerprint density at radius 3 is 2.44 bits per heavy atom. The molecule has 1 aliphatic carbocycles. The van der Waals surface area contributed by atoms with Crippen LogP contribution in [0.4, 0.5) is 11.5 Å². The Balaban J connectivity index is 1.76. The molecular formula is C17H15Cl2N3O3. The van der Waals surface area contributed by atoms with Crippen LogP contribution < -0.4 is 15.4 Å². The molecule has 1 heterocycles. The monoisotopic (exact) mass is 379 g/mol. The second-order valence-electron chi connectivity index (χ2n) is 5.61. The molecular weight excluding hydrogens is 365 g/mol. The van der Waals surface area contributed by atoms with Crippen molar-refractivity contribution in [3.05, 3.63) is 46.1 Å². The first-order valence-electron chi connectivity index (χ1n) is 7.59. The van der Waals surface area contributed by atoms with Crippen LogP contribution in [0.2, 0.25) is 10.0 Å². The molecule has 25 heavy (non-hydrogen) atoms. The summed E-state index contributed by atoms with van der Waals surface area (Å²) in [5.41, 5.74) is 0.610. The van der Waals surface area contributed by atoms with Crippen molar-refractivity contribution in [3.63, 3.8) is 0 Å². The lowest BCUT2D eigenvalue weighted by molar-refractivity contribution is -0.117. The van der Waals surface area contributed by atoms with E-state index in [1.54, 1.807) is 12.1 Å². The Morgan fingerprint density at radius 2 is 1.84 bits per heavy atom. The van der Waals surface area contributed by atoms with E-state index in [1.165, 1.54) is 25.4 Å². The van der Waals surface area contributed by atoms with E-state index < -0.39 is 5.91 Å². The lowest BCUT2D eigenvalue weighted by atomic mass is 10.2. The van der Waals surface area contributed by atoms with Gasteiger partial charge in [-0.15, -0.1) is 0 Å². The summed E-state index contributed by atoms with van der Waals surface area (Å²) in [7, 11) is 1.48. The Labute approximate surface area is 154 Å². The molecule has 6 nitrogen and oxygen atoms in total. The summed E-state index contributed by atoms with van der Waals surface area (Å²) >= 11 is 12.2. The van der Waals surface area contributed by atoms with E-state index in [1.807, 2.05) is 0 Å². The van der Waals surface area contributed by atoms with Gasteiger partial charge in [-0.2, -0.15) is 0 Å². The van der Waals surface area contributed by atoms with Gasteiger partial charge < -0.3 is 15.4 Å². The molecule has 0 aliphatic heterocycles. The van der Waals surface area contributed by atoms with Crippen molar-refractivity contribution in [3.8, 4) is 5.75 Å². The van der Waals surface area contributed by atoms with Crippen LogP contribution in [0.25, 0.3) is 0 Å². The molecule has 2 aromatic rings. The predicted molar refractivity (Wildman–Crippen MR) is 96.6 cm³/mol. The van der Waals surface area contributed by atoms with E-state index in [2.05, 4.69) is 15.6 Å². The lowest BCUT2D eigenvalue weighted by Crippen LogP contribution is -2.16. The van der Waals surface area contributed by atoms with Crippen LogP contribution in [0, 0.1) is 5.92 Å². The average molecular weight is 380 g/mol. The molecule has 0 saturated heterocycles. The molecule has 1 aromatic heterocycles. The van der Waals surface area contributed by atoms with Gasteiger partial charge >= 0.3 is 0 Å². The highest BCUT2D eigenvalue weighted by molar-refractivity contribution is 6.40. The number of hydrogen-bond acceptors (Lipinski definition) is 4. The van der Waals surface area contributed by atoms with Crippen LogP contribution in [-0.4, -0.2) is 23.9 Å². The van der Waals surface area contributed by atoms with Crippen molar-refractivity contribution >= 4 is 46.5 Å².